The third-order valence-corrected chi connectivity index (χ3v) is 5.49. The molecule has 0 aliphatic carbocycles. The first kappa shape index (κ1) is 19.4. The molecule has 0 heterocycles. The molecule has 0 bridgehead atoms. The number of hydrogen-bond donors (Lipinski definition) is 1. The number of benzene rings is 2. The Morgan fingerprint density at radius 1 is 1.00 bits per heavy atom. The molecular weight excluding hydrogens is 338 g/mol. The first-order valence-corrected chi connectivity index (χ1v) is 9.92. The van der Waals surface area contributed by atoms with Gasteiger partial charge in [-0.1, -0.05) is 55.5 Å². The molecule has 0 aliphatic heterocycles. The zero-order chi connectivity index (χ0) is 18.2. The zero-order valence-electron chi connectivity index (χ0n) is 14.6. The smallest absolute Gasteiger partial charge is 0.215 e. The van der Waals surface area contributed by atoms with Gasteiger partial charge in [-0.2, -0.15) is 0 Å². The van der Waals surface area contributed by atoms with Gasteiger partial charge in [0.1, 0.15) is 18.0 Å². The molecule has 1 atom stereocenters. The molecule has 0 saturated heterocycles. The summed E-state index contributed by atoms with van der Waals surface area (Å²) in [5.41, 5.74) is 0.262. The first-order valence-electron chi connectivity index (χ1n) is 8.27. The van der Waals surface area contributed by atoms with Crippen LogP contribution in [0.15, 0.2) is 60.7 Å². The average molecular weight is 363 g/mol. The highest BCUT2D eigenvalue weighted by Crippen LogP contribution is 2.28. The van der Waals surface area contributed by atoms with Gasteiger partial charge in [-0.25, -0.2) is 13.1 Å². The molecule has 136 valence electrons. The minimum atomic E-state index is -3.47. The van der Waals surface area contributed by atoms with Gasteiger partial charge in [-0.3, -0.25) is 0 Å². The summed E-state index contributed by atoms with van der Waals surface area (Å²) >= 11 is 0. The van der Waals surface area contributed by atoms with Crippen LogP contribution in [0.4, 0.5) is 0 Å². The van der Waals surface area contributed by atoms with E-state index in [1.165, 1.54) is 0 Å². The lowest BCUT2D eigenvalue weighted by molar-refractivity contribution is -0.0133. The maximum atomic E-state index is 12.3. The van der Waals surface area contributed by atoms with E-state index < -0.39 is 15.6 Å². The SMILES string of the molecule is CCC(CNS(=O)(=O)CCOc1ccccc1)(OC)c1ccccc1. The van der Waals surface area contributed by atoms with Crippen LogP contribution >= 0.6 is 0 Å². The second-order valence-corrected chi connectivity index (χ2v) is 7.65. The van der Waals surface area contributed by atoms with Gasteiger partial charge in [0.05, 0.1) is 5.75 Å². The fraction of sp³-hybridized carbons (Fsp3) is 0.368. The number of sulfonamides is 1. The highest BCUT2D eigenvalue weighted by molar-refractivity contribution is 7.89. The minimum Gasteiger partial charge on any atom is -0.492 e. The predicted octanol–water partition coefficient (Wildman–Crippen LogP) is 2.94. The summed E-state index contributed by atoms with van der Waals surface area (Å²) in [4.78, 5) is 0. The molecule has 0 saturated carbocycles. The van der Waals surface area contributed by atoms with Crippen LogP contribution in [0.2, 0.25) is 0 Å². The van der Waals surface area contributed by atoms with Gasteiger partial charge >= 0.3 is 0 Å². The number of nitrogens with one attached hydrogen (secondary N) is 1. The van der Waals surface area contributed by atoms with Crippen LogP contribution in [-0.2, 0) is 20.4 Å². The van der Waals surface area contributed by atoms with E-state index in [2.05, 4.69) is 4.72 Å². The predicted molar refractivity (Wildman–Crippen MR) is 99.1 cm³/mol. The molecule has 0 fully saturated rings. The van der Waals surface area contributed by atoms with Crippen LogP contribution in [0.5, 0.6) is 5.75 Å². The quantitative estimate of drug-likeness (QED) is 0.705. The molecule has 25 heavy (non-hydrogen) atoms. The number of hydrogen-bond acceptors (Lipinski definition) is 4. The van der Waals surface area contributed by atoms with Gasteiger partial charge < -0.3 is 9.47 Å². The summed E-state index contributed by atoms with van der Waals surface area (Å²) in [6, 6.07) is 18.8. The normalized spacial score (nSPS) is 14.0. The Labute approximate surface area is 150 Å². The lowest BCUT2D eigenvalue weighted by atomic mass is 9.91. The minimum absolute atomic E-state index is 0.0940. The van der Waals surface area contributed by atoms with Crippen molar-refractivity contribution in [3.8, 4) is 5.75 Å². The monoisotopic (exact) mass is 363 g/mol. The number of para-hydroxylation sites is 1. The maximum absolute atomic E-state index is 12.3. The van der Waals surface area contributed by atoms with Crippen LogP contribution in [0, 0.1) is 0 Å². The third-order valence-electron chi connectivity index (χ3n) is 4.20. The molecule has 2 rings (SSSR count). The van der Waals surface area contributed by atoms with Gasteiger partial charge in [-0.05, 0) is 24.1 Å². The molecule has 6 heteroatoms. The Balaban J connectivity index is 1.94. The number of rotatable bonds is 10. The van der Waals surface area contributed by atoms with E-state index in [9.17, 15) is 8.42 Å². The molecule has 2 aromatic rings. The summed E-state index contributed by atoms with van der Waals surface area (Å²) in [6.07, 6.45) is 0.649. The van der Waals surface area contributed by atoms with E-state index in [1.807, 2.05) is 55.5 Å². The molecule has 1 N–H and O–H groups in total. The van der Waals surface area contributed by atoms with Gasteiger partial charge in [0.25, 0.3) is 0 Å². The van der Waals surface area contributed by atoms with Crippen molar-refractivity contribution in [3.63, 3.8) is 0 Å². The number of methoxy groups -OCH3 is 1. The second-order valence-electron chi connectivity index (χ2n) is 5.72. The highest BCUT2D eigenvalue weighted by Gasteiger charge is 2.31. The summed E-state index contributed by atoms with van der Waals surface area (Å²) in [5, 5.41) is 0. The molecule has 0 aliphatic rings. The fourth-order valence-electron chi connectivity index (χ4n) is 2.59. The molecular formula is C19H25NO4S. The lowest BCUT2D eigenvalue weighted by Crippen LogP contribution is -2.43. The molecule has 2 aromatic carbocycles. The van der Waals surface area contributed by atoms with E-state index >= 15 is 0 Å². The summed E-state index contributed by atoms with van der Waals surface area (Å²) in [7, 11) is -1.87. The van der Waals surface area contributed by atoms with Gasteiger partial charge in [-0.15, -0.1) is 0 Å². The van der Waals surface area contributed by atoms with E-state index in [0.717, 1.165) is 5.56 Å². The number of ether oxygens (including phenoxy) is 2. The van der Waals surface area contributed by atoms with Crippen LogP contribution in [0.3, 0.4) is 0 Å². The summed E-state index contributed by atoms with van der Waals surface area (Å²) in [5.74, 6) is 0.544. The van der Waals surface area contributed by atoms with Crippen molar-refractivity contribution in [1.29, 1.82) is 0 Å². The summed E-state index contributed by atoms with van der Waals surface area (Å²) < 4.78 is 38.4. The maximum Gasteiger partial charge on any atom is 0.215 e. The van der Waals surface area contributed by atoms with E-state index in [4.69, 9.17) is 9.47 Å². The Kier molecular flexibility index (Phi) is 6.99. The molecule has 5 nitrogen and oxygen atoms in total. The highest BCUT2D eigenvalue weighted by atomic mass is 32.2. The van der Waals surface area contributed by atoms with Gasteiger partial charge in [0.15, 0.2) is 0 Å². The van der Waals surface area contributed by atoms with Crippen LogP contribution in [0.1, 0.15) is 18.9 Å². The van der Waals surface area contributed by atoms with Gasteiger partial charge in [0.2, 0.25) is 10.0 Å². The van der Waals surface area contributed by atoms with Gasteiger partial charge in [0, 0.05) is 13.7 Å². The molecule has 0 amide bonds. The van der Waals surface area contributed by atoms with Crippen molar-refractivity contribution in [2.24, 2.45) is 0 Å². The third kappa shape index (κ3) is 5.56. The Bertz CT molecular complexity index is 729. The van der Waals surface area contributed by atoms with Crippen LogP contribution < -0.4 is 9.46 Å². The molecule has 0 radical (unpaired) electrons. The van der Waals surface area contributed by atoms with Crippen molar-refractivity contribution in [2.75, 3.05) is 26.0 Å². The average Bonchev–Trinajstić information content (AvgIpc) is 2.65. The van der Waals surface area contributed by atoms with E-state index in [1.54, 1.807) is 19.2 Å². The second kappa shape index (κ2) is 8.99. The standard InChI is InChI=1S/C19H25NO4S/c1-3-19(23-2,17-10-6-4-7-11-17)16-20-25(21,22)15-14-24-18-12-8-5-9-13-18/h4-13,20H,3,14-16H2,1-2H3. The van der Waals surface area contributed by atoms with Crippen molar-refractivity contribution in [3.05, 3.63) is 66.2 Å². The topological polar surface area (TPSA) is 64.6 Å². The zero-order valence-corrected chi connectivity index (χ0v) is 15.5. The largest absolute Gasteiger partial charge is 0.492 e. The molecule has 1 unspecified atom stereocenters. The van der Waals surface area contributed by atoms with Crippen LogP contribution in [-0.4, -0.2) is 34.4 Å². The van der Waals surface area contributed by atoms with Crippen LogP contribution in [0.25, 0.3) is 0 Å². The van der Waals surface area contributed by atoms with Crippen molar-refractivity contribution >= 4 is 10.0 Å². The Morgan fingerprint density at radius 3 is 2.16 bits per heavy atom. The van der Waals surface area contributed by atoms with E-state index in [-0.39, 0.29) is 18.9 Å². The Hall–Kier alpha value is -1.89. The molecule has 0 spiro atoms. The van der Waals surface area contributed by atoms with Crippen molar-refractivity contribution in [2.45, 2.75) is 18.9 Å². The fourth-order valence-corrected chi connectivity index (χ4v) is 3.49. The lowest BCUT2D eigenvalue weighted by Gasteiger charge is -2.32. The van der Waals surface area contributed by atoms with Crippen molar-refractivity contribution < 1.29 is 17.9 Å². The first-order chi connectivity index (χ1) is 12.0. The van der Waals surface area contributed by atoms with Crippen molar-refractivity contribution in [1.82, 2.24) is 4.72 Å². The summed E-state index contributed by atoms with van der Waals surface area (Å²) in [6.45, 7) is 2.25. The van der Waals surface area contributed by atoms with E-state index in [0.29, 0.717) is 12.2 Å². The Morgan fingerprint density at radius 2 is 1.60 bits per heavy atom. The molecule has 0 aromatic heterocycles.